The molecular weight excluding hydrogens is 276 g/mol. The lowest BCUT2D eigenvalue weighted by molar-refractivity contribution is 0.592. The maximum atomic E-state index is 12.7. The molecule has 3 N–H and O–H groups in total. The Bertz CT molecular complexity index is 704. The van der Waals surface area contributed by atoms with Crippen molar-refractivity contribution in [2.75, 3.05) is 11.4 Å². The number of nitrogens with two attached hydrogens (primary N) is 1. The lowest BCUT2D eigenvalue weighted by Crippen LogP contribution is -2.28. The van der Waals surface area contributed by atoms with E-state index in [4.69, 9.17) is 5.73 Å². The van der Waals surface area contributed by atoms with Crippen LogP contribution in [0.2, 0.25) is 0 Å². The number of hydrogen-bond donors (Lipinski definition) is 2. The summed E-state index contributed by atoms with van der Waals surface area (Å²) in [4.78, 5) is 0.156. The van der Waals surface area contributed by atoms with Crippen LogP contribution in [0, 0.1) is 13.8 Å². The van der Waals surface area contributed by atoms with E-state index in [1.54, 1.807) is 19.1 Å². The van der Waals surface area contributed by atoms with Crippen molar-refractivity contribution < 1.29 is 8.42 Å². The summed E-state index contributed by atoms with van der Waals surface area (Å²) in [5.41, 5.74) is 8.06. The number of aromatic amines is 1. The fourth-order valence-electron chi connectivity index (χ4n) is 1.98. The van der Waals surface area contributed by atoms with Gasteiger partial charge in [0.05, 0.1) is 17.1 Å². The van der Waals surface area contributed by atoms with Crippen LogP contribution in [-0.2, 0) is 16.6 Å². The molecule has 1 aromatic carbocycles. The van der Waals surface area contributed by atoms with Gasteiger partial charge in [-0.05, 0) is 26.0 Å². The van der Waals surface area contributed by atoms with E-state index in [9.17, 15) is 8.42 Å². The van der Waals surface area contributed by atoms with Crippen LogP contribution in [-0.4, -0.2) is 25.7 Å². The minimum absolute atomic E-state index is 0.0701. The van der Waals surface area contributed by atoms with Crippen LogP contribution in [0.1, 0.15) is 17.0 Å². The summed E-state index contributed by atoms with van der Waals surface area (Å²) in [6.07, 6.45) is 0. The van der Waals surface area contributed by atoms with Crippen molar-refractivity contribution in [2.45, 2.75) is 25.3 Å². The van der Waals surface area contributed by atoms with Gasteiger partial charge in [-0.2, -0.15) is 5.10 Å². The lowest BCUT2D eigenvalue weighted by Gasteiger charge is -2.20. The highest BCUT2D eigenvalue weighted by atomic mass is 32.2. The molecule has 7 heteroatoms. The average Bonchev–Trinajstić information content (AvgIpc) is 2.80. The molecular formula is C13H18N4O2S. The fraction of sp³-hybridized carbons (Fsp3) is 0.308. The second-order valence-corrected chi connectivity index (χ2v) is 6.54. The Hall–Kier alpha value is -1.86. The van der Waals surface area contributed by atoms with Crippen molar-refractivity contribution in [1.29, 1.82) is 0 Å². The summed E-state index contributed by atoms with van der Waals surface area (Å²) >= 11 is 0. The Morgan fingerprint density at radius 2 is 1.85 bits per heavy atom. The van der Waals surface area contributed by atoms with Gasteiger partial charge in [0.25, 0.3) is 10.0 Å². The summed E-state index contributed by atoms with van der Waals surface area (Å²) in [7, 11) is -2.15. The summed E-state index contributed by atoms with van der Waals surface area (Å²) < 4.78 is 26.6. The van der Waals surface area contributed by atoms with Gasteiger partial charge in [0.1, 0.15) is 4.90 Å². The second-order valence-electron chi connectivity index (χ2n) is 4.64. The molecule has 0 bridgehead atoms. The summed E-state index contributed by atoms with van der Waals surface area (Å²) in [5, 5.41) is 6.61. The van der Waals surface area contributed by atoms with Crippen LogP contribution < -0.4 is 10.0 Å². The minimum Gasteiger partial charge on any atom is -0.325 e. The zero-order valence-corrected chi connectivity index (χ0v) is 12.5. The highest BCUT2D eigenvalue weighted by Gasteiger charge is 2.28. The van der Waals surface area contributed by atoms with Gasteiger partial charge in [-0.25, -0.2) is 8.42 Å². The summed E-state index contributed by atoms with van der Waals surface area (Å²) in [5.74, 6) is 0. The standard InChI is InChI=1S/C13H18N4O2S/c1-9-4-6-11(7-5-9)17(3)20(18,19)13-10(2)15-16-12(13)8-14/h4-7H,8,14H2,1-3H3,(H,15,16). The molecule has 0 amide bonds. The molecule has 108 valence electrons. The van der Waals surface area contributed by atoms with E-state index in [1.807, 2.05) is 19.1 Å². The normalized spacial score (nSPS) is 11.6. The average molecular weight is 294 g/mol. The highest BCUT2D eigenvalue weighted by molar-refractivity contribution is 7.92. The van der Waals surface area contributed by atoms with Gasteiger partial charge in [0.15, 0.2) is 0 Å². The number of anilines is 1. The van der Waals surface area contributed by atoms with E-state index in [2.05, 4.69) is 10.2 Å². The SMILES string of the molecule is Cc1ccc(N(C)S(=O)(=O)c2c(CN)n[nH]c2C)cc1. The number of H-pyrrole nitrogens is 1. The molecule has 0 aliphatic rings. The van der Waals surface area contributed by atoms with Crippen molar-refractivity contribution in [3.05, 3.63) is 41.2 Å². The Morgan fingerprint density at radius 1 is 1.25 bits per heavy atom. The predicted molar refractivity (Wildman–Crippen MR) is 78.0 cm³/mol. The smallest absolute Gasteiger partial charge is 0.267 e. The van der Waals surface area contributed by atoms with Crippen molar-refractivity contribution in [3.63, 3.8) is 0 Å². The minimum atomic E-state index is -3.68. The number of benzene rings is 1. The molecule has 0 aliphatic carbocycles. The first-order valence-electron chi connectivity index (χ1n) is 6.17. The third-order valence-electron chi connectivity index (χ3n) is 3.17. The zero-order chi connectivity index (χ0) is 14.9. The van der Waals surface area contributed by atoms with Gasteiger partial charge in [0, 0.05) is 13.6 Å². The van der Waals surface area contributed by atoms with E-state index in [0.29, 0.717) is 17.1 Å². The molecule has 0 spiro atoms. The Balaban J connectivity index is 2.49. The molecule has 0 atom stereocenters. The van der Waals surface area contributed by atoms with Crippen molar-refractivity contribution in [2.24, 2.45) is 5.73 Å². The Labute approximate surface area is 118 Å². The summed E-state index contributed by atoms with van der Waals surface area (Å²) in [6, 6.07) is 7.27. The second kappa shape index (κ2) is 5.26. The van der Waals surface area contributed by atoms with Crippen LogP contribution in [0.3, 0.4) is 0 Å². The van der Waals surface area contributed by atoms with Gasteiger partial charge < -0.3 is 5.73 Å². The maximum absolute atomic E-state index is 12.7. The highest BCUT2D eigenvalue weighted by Crippen LogP contribution is 2.25. The van der Waals surface area contributed by atoms with Crippen LogP contribution in [0.15, 0.2) is 29.2 Å². The largest absolute Gasteiger partial charge is 0.325 e. The fourth-order valence-corrected chi connectivity index (χ4v) is 3.51. The first kappa shape index (κ1) is 14.5. The monoisotopic (exact) mass is 294 g/mol. The van der Waals surface area contributed by atoms with Crippen molar-refractivity contribution >= 4 is 15.7 Å². The van der Waals surface area contributed by atoms with Crippen molar-refractivity contribution in [1.82, 2.24) is 10.2 Å². The number of sulfonamides is 1. The molecule has 20 heavy (non-hydrogen) atoms. The number of nitrogens with one attached hydrogen (secondary N) is 1. The first-order chi connectivity index (χ1) is 9.37. The quantitative estimate of drug-likeness (QED) is 0.889. The van der Waals surface area contributed by atoms with Gasteiger partial charge >= 0.3 is 0 Å². The van der Waals surface area contributed by atoms with E-state index in [0.717, 1.165) is 5.56 Å². The Morgan fingerprint density at radius 3 is 2.40 bits per heavy atom. The van der Waals surface area contributed by atoms with Gasteiger partial charge in [-0.3, -0.25) is 9.40 Å². The summed E-state index contributed by atoms with van der Waals surface area (Å²) in [6.45, 7) is 3.69. The molecule has 2 rings (SSSR count). The molecule has 0 saturated carbocycles. The lowest BCUT2D eigenvalue weighted by atomic mass is 10.2. The molecule has 1 aromatic heterocycles. The van der Waals surface area contributed by atoms with Crippen LogP contribution >= 0.6 is 0 Å². The molecule has 0 unspecified atom stereocenters. The number of hydrogen-bond acceptors (Lipinski definition) is 4. The first-order valence-corrected chi connectivity index (χ1v) is 7.61. The molecule has 0 saturated heterocycles. The van der Waals surface area contributed by atoms with Gasteiger partial charge in [-0.1, -0.05) is 17.7 Å². The Kier molecular flexibility index (Phi) is 3.82. The van der Waals surface area contributed by atoms with Gasteiger partial charge in [-0.15, -0.1) is 0 Å². The van der Waals surface area contributed by atoms with E-state index >= 15 is 0 Å². The topological polar surface area (TPSA) is 92.1 Å². The number of rotatable bonds is 4. The van der Waals surface area contributed by atoms with Crippen molar-refractivity contribution in [3.8, 4) is 0 Å². The third-order valence-corrected chi connectivity index (χ3v) is 5.16. The molecule has 0 aliphatic heterocycles. The molecule has 1 heterocycles. The number of aryl methyl sites for hydroxylation is 2. The molecule has 6 nitrogen and oxygen atoms in total. The maximum Gasteiger partial charge on any atom is 0.267 e. The van der Waals surface area contributed by atoms with E-state index in [-0.39, 0.29) is 11.4 Å². The molecule has 2 aromatic rings. The van der Waals surface area contributed by atoms with Crippen LogP contribution in [0.5, 0.6) is 0 Å². The number of aromatic nitrogens is 2. The van der Waals surface area contributed by atoms with Crippen LogP contribution in [0.4, 0.5) is 5.69 Å². The third kappa shape index (κ3) is 2.41. The van der Waals surface area contributed by atoms with Crippen LogP contribution in [0.25, 0.3) is 0 Å². The van der Waals surface area contributed by atoms with E-state index < -0.39 is 10.0 Å². The predicted octanol–water partition coefficient (Wildman–Crippen LogP) is 1.31. The zero-order valence-electron chi connectivity index (χ0n) is 11.7. The molecule has 0 fully saturated rings. The number of nitrogens with zero attached hydrogens (tertiary/aromatic N) is 2. The van der Waals surface area contributed by atoms with E-state index in [1.165, 1.54) is 11.4 Å². The molecule has 0 radical (unpaired) electrons. The van der Waals surface area contributed by atoms with Gasteiger partial charge in [0.2, 0.25) is 0 Å².